The summed E-state index contributed by atoms with van der Waals surface area (Å²) in [6, 6.07) is 5.88. The summed E-state index contributed by atoms with van der Waals surface area (Å²) in [5, 5.41) is 15.5. The van der Waals surface area contributed by atoms with E-state index < -0.39 is 17.4 Å². The largest absolute Gasteiger partial charge is 0.478 e. The van der Waals surface area contributed by atoms with Crippen LogP contribution in [0.4, 0.5) is 10.5 Å². The van der Waals surface area contributed by atoms with Crippen LogP contribution in [0.1, 0.15) is 117 Å². The Labute approximate surface area is 279 Å². The average Bonchev–Trinajstić information content (AvgIpc) is 3.00. The molecule has 0 radical (unpaired) electrons. The SMILES string of the molecule is COC(=O)[C@@]1(C)CC[C@]2(C)CC[C@]3(C)C(=CC(=O)C4[C@@]5(C)CCC(NC(=O)Nc6ccccc6C(=O)O)C(C)(C)C5CC[C@]43C)C2C1. The smallest absolute Gasteiger partial charge is 0.337 e. The zero-order chi connectivity index (χ0) is 34.4. The van der Waals surface area contributed by atoms with Crippen LogP contribution in [0.25, 0.3) is 0 Å². The zero-order valence-electron chi connectivity index (χ0n) is 29.5. The Hall–Kier alpha value is -3.16. The number of nitrogens with one attached hydrogen (secondary N) is 2. The summed E-state index contributed by atoms with van der Waals surface area (Å²) < 4.78 is 5.28. The molecule has 1 aromatic carbocycles. The first-order chi connectivity index (χ1) is 21.9. The van der Waals surface area contributed by atoms with Crippen molar-refractivity contribution in [2.24, 2.45) is 50.2 Å². The van der Waals surface area contributed by atoms with Crippen LogP contribution in [-0.2, 0) is 14.3 Å². The molecule has 4 unspecified atom stereocenters. The molecule has 0 saturated heterocycles. The fourth-order valence-corrected chi connectivity index (χ4v) is 12.0. The third-order valence-corrected chi connectivity index (χ3v) is 15.0. The lowest BCUT2D eigenvalue weighted by atomic mass is 9.33. The van der Waals surface area contributed by atoms with Crippen LogP contribution in [0, 0.1) is 50.2 Å². The zero-order valence-corrected chi connectivity index (χ0v) is 29.5. The maximum atomic E-state index is 14.7. The number of methoxy groups -OCH3 is 1. The van der Waals surface area contributed by atoms with Crippen molar-refractivity contribution in [1.82, 2.24) is 5.32 Å². The van der Waals surface area contributed by atoms with E-state index in [1.54, 1.807) is 18.2 Å². The molecule has 5 aliphatic rings. The van der Waals surface area contributed by atoms with Crippen LogP contribution < -0.4 is 10.6 Å². The Morgan fingerprint density at radius 2 is 1.57 bits per heavy atom. The summed E-state index contributed by atoms with van der Waals surface area (Å²) in [5.74, 6) is -0.726. The number of urea groups is 1. The van der Waals surface area contributed by atoms with Gasteiger partial charge < -0.3 is 20.5 Å². The number of carboxylic acid groups (broad SMARTS) is 1. The third kappa shape index (κ3) is 4.81. The number of hydrogen-bond donors (Lipinski definition) is 3. The molecule has 256 valence electrons. The number of allylic oxidation sites excluding steroid dienone is 2. The number of ketones is 1. The lowest BCUT2D eigenvalue weighted by molar-refractivity contribution is -0.189. The van der Waals surface area contributed by atoms with Crippen molar-refractivity contribution in [3.05, 3.63) is 41.5 Å². The Morgan fingerprint density at radius 1 is 0.894 bits per heavy atom. The van der Waals surface area contributed by atoms with Crippen LogP contribution >= 0.6 is 0 Å². The predicted molar refractivity (Wildman–Crippen MR) is 181 cm³/mol. The minimum atomic E-state index is -1.09. The first-order valence-corrected chi connectivity index (χ1v) is 17.6. The van der Waals surface area contributed by atoms with Crippen LogP contribution in [0.2, 0.25) is 0 Å². The van der Waals surface area contributed by atoms with Crippen molar-refractivity contribution < 1.29 is 29.0 Å². The van der Waals surface area contributed by atoms with Crippen LogP contribution in [0.5, 0.6) is 0 Å². The van der Waals surface area contributed by atoms with E-state index in [1.165, 1.54) is 18.7 Å². The van der Waals surface area contributed by atoms with Crippen LogP contribution in [0.15, 0.2) is 35.9 Å². The molecule has 3 N–H and O–H groups in total. The second-order valence-corrected chi connectivity index (χ2v) is 17.6. The summed E-state index contributed by atoms with van der Waals surface area (Å²) in [6.45, 7) is 16.0. The first kappa shape index (κ1) is 33.7. The number of esters is 1. The molecule has 9 atom stereocenters. The second kappa shape index (κ2) is 10.9. The molecular formula is C39H54N2O6. The van der Waals surface area contributed by atoms with Crippen LogP contribution in [-0.4, -0.2) is 42.0 Å². The fraction of sp³-hybridized carbons (Fsp3) is 0.692. The summed E-state index contributed by atoms with van der Waals surface area (Å²) in [7, 11) is 1.48. The number of anilines is 1. The molecule has 1 aromatic rings. The molecule has 0 aromatic heterocycles. The molecule has 47 heavy (non-hydrogen) atoms. The quantitative estimate of drug-likeness (QED) is 0.285. The molecule has 0 bridgehead atoms. The number of rotatable bonds is 4. The summed E-state index contributed by atoms with van der Waals surface area (Å²) >= 11 is 0. The van der Waals surface area contributed by atoms with Crippen molar-refractivity contribution in [3.63, 3.8) is 0 Å². The van der Waals surface area contributed by atoms with E-state index in [0.717, 1.165) is 57.8 Å². The number of benzene rings is 1. The number of aromatic carboxylic acids is 1. The monoisotopic (exact) mass is 646 g/mol. The molecule has 8 nitrogen and oxygen atoms in total. The van der Waals surface area contributed by atoms with Gasteiger partial charge in [-0.2, -0.15) is 0 Å². The lowest BCUT2D eigenvalue weighted by Crippen LogP contribution is -2.67. The molecule has 4 fully saturated rings. The van der Waals surface area contributed by atoms with Gasteiger partial charge in [-0.1, -0.05) is 59.2 Å². The van der Waals surface area contributed by atoms with Crippen molar-refractivity contribution in [1.29, 1.82) is 0 Å². The molecule has 6 rings (SSSR count). The molecule has 5 aliphatic carbocycles. The predicted octanol–water partition coefficient (Wildman–Crippen LogP) is 8.03. The highest BCUT2D eigenvalue weighted by molar-refractivity contribution is 6.00. The van der Waals surface area contributed by atoms with Gasteiger partial charge in [-0.3, -0.25) is 9.59 Å². The number of para-hydroxylation sites is 1. The third-order valence-electron chi connectivity index (χ3n) is 15.0. The number of carbonyl (C=O) groups excluding carboxylic acids is 3. The summed E-state index contributed by atoms with van der Waals surface area (Å²) in [5.41, 5.74) is 0.231. The number of hydrogen-bond acceptors (Lipinski definition) is 5. The van der Waals surface area contributed by atoms with Gasteiger partial charge in [-0.15, -0.1) is 0 Å². The van der Waals surface area contributed by atoms with Gasteiger partial charge in [-0.05, 0) is 122 Å². The Morgan fingerprint density at radius 3 is 2.26 bits per heavy atom. The second-order valence-electron chi connectivity index (χ2n) is 17.6. The van der Waals surface area contributed by atoms with Crippen molar-refractivity contribution in [3.8, 4) is 0 Å². The standard InChI is InChI=1S/C39H54N2O6/c1-34(2)28-13-16-39(7)30(37(28,5)15-14-29(34)41-33(46)40-26-12-10-9-11-23(26)31(43)44)27(42)21-24-25-22-36(4,32(45)47-8)18-17-35(25,3)19-20-38(24,39)6/h9-12,21,25,28-30H,13-20,22H2,1-8H3,(H,43,44)(H2,40,41,46)/t25?,28?,29?,30?,35-,36+,37+,38-,39-/m1/s1. The van der Waals surface area contributed by atoms with E-state index in [9.17, 15) is 24.3 Å². The molecule has 0 aliphatic heterocycles. The first-order valence-electron chi connectivity index (χ1n) is 17.6. The molecule has 0 spiro atoms. The van der Waals surface area contributed by atoms with Gasteiger partial charge in [0, 0.05) is 12.0 Å². The normalized spacial score (nSPS) is 42.0. The highest BCUT2D eigenvalue weighted by Crippen LogP contribution is 2.75. The fourth-order valence-electron chi connectivity index (χ4n) is 12.0. The topological polar surface area (TPSA) is 122 Å². The van der Waals surface area contributed by atoms with E-state index in [0.29, 0.717) is 0 Å². The number of fused-ring (bicyclic) bond motifs is 7. The Balaban J connectivity index is 1.29. The van der Waals surface area contributed by atoms with Gasteiger partial charge in [0.15, 0.2) is 5.78 Å². The number of carboxylic acids is 1. The van der Waals surface area contributed by atoms with E-state index in [4.69, 9.17) is 4.74 Å². The van der Waals surface area contributed by atoms with Gasteiger partial charge in [0.1, 0.15) is 0 Å². The van der Waals surface area contributed by atoms with E-state index in [-0.39, 0.29) is 73.9 Å². The van der Waals surface area contributed by atoms with Crippen LogP contribution in [0.3, 0.4) is 0 Å². The Kier molecular flexibility index (Phi) is 7.84. The van der Waals surface area contributed by atoms with E-state index in [2.05, 4.69) is 52.2 Å². The van der Waals surface area contributed by atoms with Gasteiger partial charge in [-0.25, -0.2) is 9.59 Å². The number of amides is 2. The maximum absolute atomic E-state index is 14.7. The van der Waals surface area contributed by atoms with Gasteiger partial charge in [0.2, 0.25) is 0 Å². The summed E-state index contributed by atoms with van der Waals surface area (Å²) in [6.07, 6.45) is 10.1. The molecule has 8 heteroatoms. The van der Waals surface area contributed by atoms with Crippen molar-refractivity contribution >= 4 is 29.4 Å². The number of carbonyl (C=O) groups is 4. The summed E-state index contributed by atoms with van der Waals surface area (Å²) in [4.78, 5) is 52.6. The van der Waals surface area contributed by atoms with Gasteiger partial charge >= 0.3 is 18.0 Å². The van der Waals surface area contributed by atoms with E-state index >= 15 is 0 Å². The van der Waals surface area contributed by atoms with Gasteiger partial charge in [0.25, 0.3) is 0 Å². The Bertz CT molecular complexity index is 1550. The molecule has 2 amide bonds. The maximum Gasteiger partial charge on any atom is 0.337 e. The highest BCUT2D eigenvalue weighted by atomic mass is 16.5. The van der Waals surface area contributed by atoms with Crippen molar-refractivity contribution in [2.75, 3.05) is 12.4 Å². The number of ether oxygens (including phenoxy) is 1. The minimum Gasteiger partial charge on any atom is -0.478 e. The highest BCUT2D eigenvalue weighted by Gasteiger charge is 2.70. The molecule has 0 heterocycles. The van der Waals surface area contributed by atoms with Crippen molar-refractivity contribution in [2.45, 2.75) is 112 Å². The lowest BCUT2D eigenvalue weighted by Gasteiger charge is -2.70. The average molecular weight is 647 g/mol. The van der Waals surface area contributed by atoms with Gasteiger partial charge in [0.05, 0.1) is 23.8 Å². The molecule has 4 saturated carbocycles. The molecular weight excluding hydrogens is 592 g/mol. The minimum absolute atomic E-state index is 0.0487. The van der Waals surface area contributed by atoms with E-state index in [1.807, 2.05) is 13.0 Å².